The Morgan fingerprint density at radius 2 is 1.76 bits per heavy atom. The summed E-state index contributed by atoms with van der Waals surface area (Å²) in [5, 5.41) is 21.6. The minimum Gasteiger partial charge on any atom is -0.507 e. The van der Waals surface area contributed by atoms with E-state index < -0.39 is 17.9 Å². The third kappa shape index (κ3) is 3.52. The zero-order chi connectivity index (χ0) is 15.4. The van der Waals surface area contributed by atoms with Gasteiger partial charge in [0.15, 0.2) is 6.04 Å². The Balaban J connectivity index is 2.25. The number of amides is 1. The van der Waals surface area contributed by atoms with Crippen molar-refractivity contribution in [1.82, 2.24) is 5.32 Å². The lowest BCUT2D eigenvalue weighted by atomic mass is 10.1. The molecule has 0 saturated heterocycles. The number of benzene rings is 2. The van der Waals surface area contributed by atoms with Gasteiger partial charge in [-0.2, -0.15) is 0 Å². The molecule has 0 saturated carbocycles. The molecule has 108 valence electrons. The molecule has 0 aliphatic heterocycles. The standard InChI is InChI=1S/C15H12ClNO4/c16-10-6-7-11(12(18)8-10)14(19)17-13(15(20)21)9-4-2-1-3-5-9/h1-8,13,18H,(H,17,19)(H,20,21)/t13-/m1/s1. The molecule has 0 heterocycles. The first-order valence-electron chi connectivity index (χ1n) is 6.06. The Kier molecular flexibility index (Phi) is 4.45. The summed E-state index contributed by atoms with van der Waals surface area (Å²) in [6.07, 6.45) is 0. The summed E-state index contributed by atoms with van der Waals surface area (Å²) < 4.78 is 0. The van der Waals surface area contributed by atoms with Crippen LogP contribution in [-0.2, 0) is 4.79 Å². The maximum Gasteiger partial charge on any atom is 0.330 e. The van der Waals surface area contributed by atoms with E-state index in [1.165, 1.54) is 18.2 Å². The van der Waals surface area contributed by atoms with Crippen LogP contribution < -0.4 is 5.32 Å². The van der Waals surface area contributed by atoms with E-state index >= 15 is 0 Å². The number of carboxylic acid groups (broad SMARTS) is 1. The van der Waals surface area contributed by atoms with E-state index in [2.05, 4.69) is 5.32 Å². The monoisotopic (exact) mass is 305 g/mol. The van der Waals surface area contributed by atoms with Gasteiger partial charge in [-0.15, -0.1) is 0 Å². The van der Waals surface area contributed by atoms with Crippen molar-refractivity contribution in [3.05, 3.63) is 64.7 Å². The molecule has 2 aromatic rings. The Morgan fingerprint density at radius 3 is 2.33 bits per heavy atom. The summed E-state index contributed by atoms with van der Waals surface area (Å²) in [5.74, 6) is -2.19. The molecule has 0 aliphatic carbocycles. The maximum absolute atomic E-state index is 12.1. The average molecular weight is 306 g/mol. The highest BCUT2D eigenvalue weighted by Crippen LogP contribution is 2.23. The van der Waals surface area contributed by atoms with E-state index in [1.807, 2.05) is 0 Å². The van der Waals surface area contributed by atoms with Crippen LogP contribution in [0.15, 0.2) is 48.5 Å². The Bertz CT molecular complexity index is 673. The molecule has 0 radical (unpaired) electrons. The van der Waals surface area contributed by atoms with Crippen LogP contribution in [0.1, 0.15) is 22.0 Å². The highest BCUT2D eigenvalue weighted by molar-refractivity contribution is 6.30. The molecule has 1 atom stereocenters. The van der Waals surface area contributed by atoms with Gasteiger partial charge in [0.05, 0.1) is 5.56 Å². The van der Waals surface area contributed by atoms with Crippen molar-refractivity contribution < 1.29 is 19.8 Å². The quantitative estimate of drug-likeness (QED) is 0.810. The fraction of sp³-hybridized carbons (Fsp3) is 0.0667. The molecule has 5 nitrogen and oxygen atoms in total. The van der Waals surface area contributed by atoms with E-state index in [1.54, 1.807) is 30.3 Å². The number of hydrogen-bond acceptors (Lipinski definition) is 3. The van der Waals surface area contributed by atoms with Crippen molar-refractivity contribution in [3.63, 3.8) is 0 Å². The topological polar surface area (TPSA) is 86.6 Å². The normalized spacial score (nSPS) is 11.7. The van der Waals surface area contributed by atoms with Crippen molar-refractivity contribution in [2.24, 2.45) is 0 Å². The largest absolute Gasteiger partial charge is 0.507 e. The first-order chi connectivity index (χ1) is 9.99. The highest BCUT2D eigenvalue weighted by Gasteiger charge is 2.23. The lowest BCUT2D eigenvalue weighted by molar-refractivity contribution is -0.139. The molecule has 2 aromatic carbocycles. The predicted molar refractivity (Wildman–Crippen MR) is 77.4 cm³/mol. The molecule has 1 amide bonds. The van der Waals surface area contributed by atoms with Gasteiger partial charge in [0.1, 0.15) is 5.75 Å². The summed E-state index contributed by atoms with van der Waals surface area (Å²) in [4.78, 5) is 23.4. The van der Waals surface area contributed by atoms with Crippen molar-refractivity contribution in [2.45, 2.75) is 6.04 Å². The summed E-state index contributed by atoms with van der Waals surface area (Å²) in [7, 11) is 0. The van der Waals surface area contributed by atoms with E-state index in [9.17, 15) is 19.8 Å². The van der Waals surface area contributed by atoms with Gasteiger partial charge in [-0.25, -0.2) is 4.79 Å². The van der Waals surface area contributed by atoms with Gasteiger partial charge in [0.2, 0.25) is 0 Å². The minimum absolute atomic E-state index is 0.0402. The number of hydrogen-bond donors (Lipinski definition) is 3. The Morgan fingerprint density at radius 1 is 1.10 bits per heavy atom. The van der Waals surface area contributed by atoms with Gasteiger partial charge in [-0.05, 0) is 23.8 Å². The molecular weight excluding hydrogens is 294 g/mol. The van der Waals surface area contributed by atoms with E-state index in [-0.39, 0.29) is 16.3 Å². The number of carbonyl (C=O) groups excluding carboxylic acids is 1. The Hall–Kier alpha value is -2.53. The molecule has 0 aromatic heterocycles. The number of phenolic OH excluding ortho intramolecular Hbond substituents is 1. The summed E-state index contributed by atoms with van der Waals surface area (Å²) in [5.41, 5.74) is 0.397. The number of rotatable bonds is 4. The van der Waals surface area contributed by atoms with Gasteiger partial charge < -0.3 is 15.5 Å². The molecular formula is C15H12ClNO4. The number of halogens is 1. The van der Waals surface area contributed by atoms with E-state index in [4.69, 9.17) is 11.6 Å². The van der Waals surface area contributed by atoms with Crippen LogP contribution >= 0.6 is 11.6 Å². The van der Waals surface area contributed by atoms with Crippen molar-refractivity contribution in [3.8, 4) is 5.75 Å². The fourth-order valence-electron chi connectivity index (χ4n) is 1.84. The van der Waals surface area contributed by atoms with Gasteiger partial charge >= 0.3 is 5.97 Å². The van der Waals surface area contributed by atoms with Crippen molar-refractivity contribution in [1.29, 1.82) is 0 Å². The van der Waals surface area contributed by atoms with E-state index in [0.717, 1.165) is 0 Å². The molecule has 6 heteroatoms. The Labute approximate surface area is 125 Å². The SMILES string of the molecule is O=C(N[C@@H](C(=O)O)c1ccccc1)c1ccc(Cl)cc1O. The molecule has 0 fully saturated rings. The molecule has 2 rings (SSSR count). The third-order valence-corrected chi connectivity index (χ3v) is 3.09. The average Bonchev–Trinajstić information content (AvgIpc) is 2.45. The van der Waals surface area contributed by atoms with Crippen LogP contribution in [0.25, 0.3) is 0 Å². The molecule has 0 bridgehead atoms. The van der Waals surface area contributed by atoms with Crippen LogP contribution in [0.4, 0.5) is 0 Å². The maximum atomic E-state index is 12.1. The predicted octanol–water partition coefficient (Wildman–Crippen LogP) is 2.60. The van der Waals surface area contributed by atoms with Crippen LogP contribution in [0.5, 0.6) is 5.75 Å². The van der Waals surface area contributed by atoms with Crippen LogP contribution in [0.3, 0.4) is 0 Å². The second kappa shape index (κ2) is 6.28. The molecule has 3 N–H and O–H groups in total. The lowest BCUT2D eigenvalue weighted by Gasteiger charge is -2.15. The number of aliphatic carboxylic acids is 1. The number of aromatic hydroxyl groups is 1. The zero-order valence-electron chi connectivity index (χ0n) is 10.8. The third-order valence-electron chi connectivity index (χ3n) is 2.86. The van der Waals surface area contributed by atoms with Crippen LogP contribution in [0, 0.1) is 0 Å². The molecule has 21 heavy (non-hydrogen) atoms. The molecule has 0 unspecified atom stereocenters. The van der Waals surface area contributed by atoms with Crippen LogP contribution in [0.2, 0.25) is 5.02 Å². The number of nitrogens with one attached hydrogen (secondary N) is 1. The van der Waals surface area contributed by atoms with Crippen LogP contribution in [-0.4, -0.2) is 22.1 Å². The number of phenols is 1. The zero-order valence-corrected chi connectivity index (χ0v) is 11.5. The minimum atomic E-state index is -1.20. The van der Waals surface area contributed by atoms with Crippen molar-refractivity contribution in [2.75, 3.05) is 0 Å². The van der Waals surface area contributed by atoms with Gasteiger partial charge in [-0.3, -0.25) is 4.79 Å². The summed E-state index contributed by atoms with van der Waals surface area (Å²) in [6.45, 7) is 0. The van der Waals surface area contributed by atoms with E-state index in [0.29, 0.717) is 5.56 Å². The first-order valence-corrected chi connectivity index (χ1v) is 6.44. The van der Waals surface area contributed by atoms with Crippen molar-refractivity contribution >= 4 is 23.5 Å². The summed E-state index contributed by atoms with van der Waals surface area (Å²) >= 11 is 5.69. The highest BCUT2D eigenvalue weighted by atomic mass is 35.5. The smallest absolute Gasteiger partial charge is 0.330 e. The van der Waals surface area contributed by atoms with Gasteiger partial charge in [0.25, 0.3) is 5.91 Å². The fourth-order valence-corrected chi connectivity index (χ4v) is 2.01. The second-order valence-corrected chi connectivity index (χ2v) is 4.75. The number of carboxylic acids is 1. The molecule has 0 spiro atoms. The lowest BCUT2D eigenvalue weighted by Crippen LogP contribution is -2.33. The number of carbonyl (C=O) groups is 2. The first kappa shape index (κ1) is 14.9. The molecule has 0 aliphatic rings. The van der Waals surface area contributed by atoms with Gasteiger partial charge in [-0.1, -0.05) is 41.9 Å². The second-order valence-electron chi connectivity index (χ2n) is 4.32. The summed E-state index contributed by atoms with van der Waals surface area (Å²) in [6, 6.07) is 11.1. The van der Waals surface area contributed by atoms with Gasteiger partial charge in [0, 0.05) is 5.02 Å².